The molecule has 16 atom stereocenters. The van der Waals surface area contributed by atoms with E-state index >= 15 is 0 Å². The van der Waals surface area contributed by atoms with Gasteiger partial charge in [-0.2, -0.15) is 0 Å². The van der Waals surface area contributed by atoms with E-state index in [1.165, 1.54) is 52.4 Å². The molecule has 6 saturated carbocycles. The van der Waals surface area contributed by atoms with Gasteiger partial charge in [0.2, 0.25) is 11.8 Å². The van der Waals surface area contributed by atoms with Crippen LogP contribution in [0.4, 0.5) is 15.1 Å². The van der Waals surface area contributed by atoms with Gasteiger partial charge < -0.3 is 73.9 Å². The molecule has 4 aromatic heterocycles. The molecular formula is C92H118N10O21S2. The number of rotatable bonds is 35. The van der Waals surface area contributed by atoms with Crippen molar-refractivity contribution in [3.05, 3.63) is 84.6 Å². The number of anilines is 2. The number of Topliss-reactive ketones (excluding diaryl/α,β-unsaturated/α-hetero) is 2. The second-order valence-corrected chi connectivity index (χ2v) is 39.1. The average molecular weight is 1760 g/mol. The van der Waals surface area contributed by atoms with E-state index < -0.39 is 93.8 Å². The molecule has 5 N–H and O–H groups in total. The summed E-state index contributed by atoms with van der Waals surface area (Å²) in [6.45, 7) is 29.0. The number of carbonyl (C=O) groups is 10. The third-order valence-electron chi connectivity index (χ3n) is 25.3. The maximum absolute atomic E-state index is 14.8. The largest absolute Gasteiger partial charge is 0.534 e. The number of fused-ring (bicyclic) bond motifs is 4. The number of pyridine rings is 2. The standard InChI is InChI=1S/C44H56N4O9S.C37H49N5O7S.C11H13NO5/c1-8-27-20-44(27,41(52)53)21-37(49)36-17-30(22-48(36)40(51)32(43(4,5)6)18-39(50)57-29-14-25-13-26(25)15-29)56-38-19-34(35-23-58-42(47-35)45-24(2)3)46-33-16-28(9-10-31(33)38)55-12-11-54-7;1-9-22-17-37(22,34(45)47-8)18-30(43)29-15-24(19-42(29)33(44)32(38)36(4,5)6)49-31-16-27(28-20-50-35(41-28)39-21(2)3)40-26-14-23(10-11-25(26)31)48-13-12-46-7;13-9-1-2-10(14)12(9)17-11(15)16-8-4-6-3-7(6)5-8/h8-10,16,19,23-27,29-30,32,36H,1,11-15,17-18,20-22H2,2-7H3,(H,45,47)(H,52,53);9-11,14,16,20-22,24,29,32H,1,12-13,15,17-19,38H2,2-8H3,(H,39,41);6-8H,1-5H2/t25-,26+,27-,29?,30-,32-,36+,44-;22-,24-,29+,32-,37-;6-,7+,8?/m11./s1. The molecule has 7 heterocycles. The van der Waals surface area contributed by atoms with Crippen molar-refractivity contribution in [2.45, 2.75) is 220 Å². The first-order valence-electron chi connectivity index (χ1n) is 43.3. The summed E-state index contributed by atoms with van der Waals surface area (Å²) < 4.78 is 51.6. The first-order valence-corrected chi connectivity index (χ1v) is 45.0. The van der Waals surface area contributed by atoms with E-state index in [1.807, 2.05) is 129 Å². The zero-order valence-electron chi connectivity index (χ0n) is 73.6. The number of ketones is 2. The summed E-state index contributed by atoms with van der Waals surface area (Å²) in [6.07, 6.45) is 7.76. The Morgan fingerprint density at radius 2 is 1.02 bits per heavy atom. The lowest BCUT2D eigenvalue weighted by Gasteiger charge is -2.35. The number of amides is 4. The van der Waals surface area contributed by atoms with Crippen LogP contribution < -0.4 is 35.3 Å². The normalized spacial score (nSPS) is 26.0. The Balaban J connectivity index is 0.000000181. The predicted molar refractivity (Wildman–Crippen MR) is 466 cm³/mol. The Morgan fingerprint density at radius 3 is 1.44 bits per heavy atom. The quantitative estimate of drug-likeness (QED) is 0.00944. The van der Waals surface area contributed by atoms with Gasteiger partial charge >= 0.3 is 24.1 Å². The Bertz CT molecular complexity index is 5020. The Kier molecular flexibility index (Phi) is 28.5. The SMILES string of the molecule is C=C[C@@H]1C[C@]1(CC(=O)[C@@H]1C[C@@H](Oc2cc(-c3csc(NC(C)C)n3)nc3cc(OCCOC)ccc23)CN1C(=O)[C@@H](CC(=O)OC1C[C@@H]2C[C@@H]2C1)C(C)(C)C)C(=O)O.C=C[C@@H]1C[C@]1(CC(=O)[C@@H]1C[C@@H](Oc2cc(-c3csc(NC(C)C)n3)nc3cc(OCCOC)ccc23)CN1C(=O)[C@@H](N)C(C)(C)C)C(=O)OC.O=C(OC1C[C@@H]2C[C@@H]2C1)ON1C(=O)CCC1=O. The van der Waals surface area contributed by atoms with Crippen LogP contribution in [-0.4, -0.2) is 215 Å². The highest BCUT2D eigenvalue weighted by Gasteiger charge is 2.63. The van der Waals surface area contributed by atoms with Crippen LogP contribution in [0.1, 0.15) is 166 Å². The minimum atomic E-state index is -1.25. The number of hydroxylamine groups is 2. The van der Waals surface area contributed by atoms with Gasteiger partial charge in [-0.25, -0.2) is 24.7 Å². The molecule has 9 fully saturated rings. The second-order valence-electron chi connectivity index (χ2n) is 37.4. The van der Waals surface area contributed by atoms with Crippen LogP contribution in [0.2, 0.25) is 0 Å². The van der Waals surface area contributed by atoms with Crippen LogP contribution in [0.15, 0.2) is 84.6 Å². The van der Waals surface area contributed by atoms with E-state index in [9.17, 15) is 53.1 Å². The van der Waals surface area contributed by atoms with Crippen molar-refractivity contribution in [1.29, 1.82) is 0 Å². The fourth-order valence-corrected chi connectivity index (χ4v) is 19.5. The van der Waals surface area contributed by atoms with Crippen molar-refractivity contribution in [1.82, 2.24) is 34.8 Å². The van der Waals surface area contributed by atoms with Gasteiger partial charge in [0, 0.05) is 111 Å². The van der Waals surface area contributed by atoms with Crippen molar-refractivity contribution in [3.8, 4) is 45.8 Å². The fraction of sp³-hybridized carbons (Fsp3) is 0.587. The number of hydrogen-bond acceptors (Lipinski definition) is 29. The van der Waals surface area contributed by atoms with Gasteiger partial charge in [0.05, 0.1) is 97.1 Å². The molecular weight excluding hydrogens is 1650 g/mol. The maximum Gasteiger partial charge on any atom is 0.534 e. The highest BCUT2D eigenvalue weighted by atomic mass is 32.1. The lowest BCUT2D eigenvalue weighted by molar-refractivity contribution is -0.178. The monoisotopic (exact) mass is 1760 g/mol. The number of nitrogens with two attached hydrogens (primary N) is 1. The lowest BCUT2D eigenvalue weighted by Crippen LogP contribution is -2.53. The maximum atomic E-state index is 14.8. The van der Waals surface area contributed by atoms with Crippen LogP contribution >= 0.6 is 22.7 Å². The molecule has 6 aromatic rings. The molecule has 31 nitrogen and oxygen atoms in total. The summed E-state index contributed by atoms with van der Waals surface area (Å²) in [7, 11) is 4.54. The van der Waals surface area contributed by atoms with Crippen LogP contribution in [0.3, 0.4) is 0 Å². The van der Waals surface area contributed by atoms with E-state index in [4.69, 9.17) is 68.3 Å². The summed E-state index contributed by atoms with van der Waals surface area (Å²) in [5.74, 6) is -0.522. The molecule has 3 saturated heterocycles. The Hall–Kier alpha value is -10.2. The molecule has 2 unspecified atom stereocenters. The van der Waals surface area contributed by atoms with Gasteiger partial charge in [-0.05, 0) is 150 Å². The number of esters is 2. The van der Waals surface area contributed by atoms with Crippen molar-refractivity contribution in [2.75, 3.05) is 71.5 Å². The van der Waals surface area contributed by atoms with Gasteiger partial charge in [0.25, 0.3) is 11.8 Å². The number of likely N-dealkylation sites (tertiary alicyclic amines) is 2. The molecule has 2 aromatic carbocycles. The lowest BCUT2D eigenvalue weighted by atomic mass is 9.77. The Morgan fingerprint density at radius 1 is 0.576 bits per heavy atom. The smallest absolute Gasteiger partial charge is 0.491 e. The molecule has 0 radical (unpaired) electrons. The summed E-state index contributed by atoms with van der Waals surface area (Å²) in [5.41, 5.74) is 6.79. The number of carboxylic acid groups (broad SMARTS) is 1. The number of nitrogens with zero attached hydrogens (tertiary/aromatic N) is 7. The summed E-state index contributed by atoms with van der Waals surface area (Å²) in [4.78, 5) is 157. The average Bonchev–Trinajstić information content (AvgIpc) is 1.57. The number of thiazole rings is 2. The molecule has 674 valence electrons. The third kappa shape index (κ3) is 21.9. The summed E-state index contributed by atoms with van der Waals surface area (Å²) in [5, 5.41) is 24.2. The van der Waals surface area contributed by atoms with Crippen LogP contribution in [0.5, 0.6) is 23.0 Å². The molecule has 6 aliphatic carbocycles. The first-order chi connectivity index (χ1) is 59.4. The van der Waals surface area contributed by atoms with Crippen molar-refractivity contribution < 1.29 is 101 Å². The topological polar surface area (TPSA) is 395 Å². The molecule has 0 bridgehead atoms. The highest BCUT2D eigenvalue weighted by Crippen LogP contribution is 2.59. The van der Waals surface area contributed by atoms with Crippen LogP contribution in [-0.2, 0) is 71.7 Å². The number of ether oxygens (including phenoxy) is 9. The van der Waals surface area contributed by atoms with Gasteiger partial charge in [0.1, 0.15) is 72.0 Å². The molecule has 9 aliphatic rings. The number of allylic oxidation sites excluding steroid dienone is 2. The summed E-state index contributed by atoms with van der Waals surface area (Å²) >= 11 is 2.95. The zero-order valence-corrected chi connectivity index (χ0v) is 75.2. The van der Waals surface area contributed by atoms with Gasteiger partial charge in [-0.3, -0.25) is 48.0 Å². The van der Waals surface area contributed by atoms with Crippen molar-refractivity contribution in [3.63, 3.8) is 0 Å². The van der Waals surface area contributed by atoms with Gasteiger partial charge in [0.15, 0.2) is 21.8 Å². The minimum Gasteiger partial charge on any atom is -0.491 e. The molecule has 0 spiro atoms. The predicted octanol–water partition coefficient (Wildman–Crippen LogP) is 13.4. The summed E-state index contributed by atoms with van der Waals surface area (Å²) in [6, 6.07) is 12.5. The second kappa shape index (κ2) is 38.5. The highest BCUT2D eigenvalue weighted by molar-refractivity contribution is 7.14. The zero-order chi connectivity index (χ0) is 89.9. The van der Waals surface area contributed by atoms with Crippen molar-refractivity contribution in [2.24, 2.45) is 68.8 Å². The Labute approximate surface area is 736 Å². The first kappa shape index (κ1) is 92.4. The fourth-order valence-electron chi connectivity index (χ4n) is 17.8. The number of benzene rings is 2. The van der Waals surface area contributed by atoms with Gasteiger partial charge in [-0.1, -0.05) is 58.8 Å². The number of carbonyl (C=O) groups excluding carboxylic acids is 9. The van der Waals surface area contributed by atoms with Crippen LogP contribution in [0, 0.1) is 63.1 Å². The van der Waals surface area contributed by atoms with Crippen LogP contribution in [0.25, 0.3) is 44.6 Å². The number of imide groups is 1. The number of aromatic nitrogens is 4. The van der Waals surface area contributed by atoms with E-state index in [0.717, 1.165) is 41.3 Å². The van der Waals surface area contributed by atoms with E-state index in [2.05, 4.69) is 28.6 Å². The number of nitrogens with one attached hydrogen (secondary N) is 2. The van der Waals surface area contributed by atoms with E-state index in [0.29, 0.717) is 130 Å². The molecule has 125 heavy (non-hydrogen) atoms. The van der Waals surface area contributed by atoms with Gasteiger partial charge in [-0.15, -0.1) is 35.8 Å². The van der Waals surface area contributed by atoms with E-state index in [1.54, 1.807) is 26.4 Å². The number of aliphatic carboxylic acids is 1. The van der Waals surface area contributed by atoms with Crippen molar-refractivity contribution >= 4 is 114 Å². The molecule has 15 rings (SSSR count). The minimum absolute atomic E-state index is 0.0599. The molecule has 3 aliphatic heterocycles. The number of hydrogen-bond donors (Lipinski definition) is 4. The number of methoxy groups -OCH3 is 3. The molecule has 4 amide bonds. The number of carboxylic acids is 1. The van der Waals surface area contributed by atoms with E-state index in [-0.39, 0.29) is 118 Å². The third-order valence-corrected chi connectivity index (χ3v) is 26.8. The molecule has 33 heteroatoms.